The minimum absolute atomic E-state index is 0.0255. The second-order valence-electron chi connectivity index (χ2n) is 8.15. The number of piperazine rings is 1. The van der Waals surface area contributed by atoms with Gasteiger partial charge in [0.1, 0.15) is 6.04 Å². The van der Waals surface area contributed by atoms with Crippen molar-refractivity contribution in [2.75, 3.05) is 26.2 Å². The summed E-state index contributed by atoms with van der Waals surface area (Å²) in [5.41, 5.74) is 1.11. The first-order valence-corrected chi connectivity index (χ1v) is 10.9. The van der Waals surface area contributed by atoms with Gasteiger partial charge in [-0.2, -0.15) is 0 Å². The summed E-state index contributed by atoms with van der Waals surface area (Å²) in [6, 6.07) is 15.1. The Labute approximate surface area is 188 Å². The van der Waals surface area contributed by atoms with Crippen LogP contribution in [-0.2, 0) is 4.79 Å². The van der Waals surface area contributed by atoms with Crippen LogP contribution >= 0.6 is 11.6 Å². The van der Waals surface area contributed by atoms with Crippen molar-refractivity contribution in [2.24, 2.45) is 5.92 Å². The third kappa shape index (κ3) is 6.07. The highest BCUT2D eigenvalue weighted by Gasteiger charge is 2.30. The van der Waals surface area contributed by atoms with Crippen molar-refractivity contribution in [2.45, 2.75) is 26.3 Å². The van der Waals surface area contributed by atoms with Crippen LogP contribution in [0.3, 0.4) is 0 Å². The van der Waals surface area contributed by atoms with Crippen LogP contribution in [0.15, 0.2) is 54.6 Å². The van der Waals surface area contributed by atoms with E-state index in [9.17, 15) is 14.4 Å². The van der Waals surface area contributed by atoms with E-state index >= 15 is 0 Å². The normalized spacial score (nSPS) is 15.0. The number of halogens is 1. The molecule has 0 radical (unpaired) electrons. The van der Waals surface area contributed by atoms with Crippen molar-refractivity contribution in [3.8, 4) is 0 Å². The highest BCUT2D eigenvalue weighted by atomic mass is 35.5. The summed E-state index contributed by atoms with van der Waals surface area (Å²) in [5.74, 6) is -0.195. The zero-order valence-corrected chi connectivity index (χ0v) is 18.6. The summed E-state index contributed by atoms with van der Waals surface area (Å²) in [6.45, 7) is 5.88. The van der Waals surface area contributed by atoms with Crippen LogP contribution in [0, 0.1) is 5.92 Å². The molecule has 6 nitrogen and oxygen atoms in total. The van der Waals surface area contributed by atoms with E-state index in [1.807, 2.05) is 32.0 Å². The quantitative estimate of drug-likeness (QED) is 0.746. The minimum atomic E-state index is -0.612. The first-order chi connectivity index (χ1) is 14.8. The first kappa shape index (κ1) is 22.8. The van der Waals surface area contributed by atoms with Crippen LogP contribution in [0.1, 0.15) is 41.0 Å². The fourth-order valence-electron chi connectivity index (χ4n) is 3.65. The van der Waals surface area contributed by atoms with Gasteiger partial charge < -0.3 is 15.1 Å². The van der Waals surface area contributed by atoms with Crippen molar-refractivity contribution >= 4 is 29.3 Å². The number of hydrogen-bond donors (Lipinski definition) is 1. The fraction of sp³-hybridized carbons (Fsp3) is 0.375. The van der Waals surface area contributed by atoms with Crippen molar-refractivity contribution in [1.29, 1.82) is 0 Å². The van der Waals surface area contributed by atoms with Gasteiger partial charge in [0.2, 0.25) is 5.91 Å². The molecule has 0 bridgehead atoms. The molecule has 1 saturated heterocycles. The van der Waals surface area contributed by atoms with E-state index in [0.29, 0.717) is 48.7 Å². The molecule has 31 heavy (non-hydrogen) atoms. The summed E-state index contributed by atoms with van der Waals surface area (Å²) < 4.78 is 0. The molecular weight excluding hydrogens is 414 g/mol. The lowest BCUT2D eigenvalue weighted by molar-refractivity contribution is -0.135. The summed E-state index contributed by atoms with van der Waals surface area (Å²) in [7, 11) is 0. The fourth-order valence-corrected chi connectivity index (χ4v) is 3.78. The lowest BCUT2D eigenvalue weighted by atomic mass is 10.0. The summed E-state index contributed by atoms with van der Waals surface area (Å²) in [5, 5.41) is 3.44. The first-order valence-electron chi connectivity index (χ1n) is 10.5. The Balaban J connectivity index is 1.62. The van der Waals surface area contributed by atoms with Crippen molar-refractivity contribution in [3.63, 3.8) is 0 Å². The molecular formula is C24H28ClN3O3. The summed E-state index contributed by atoms with van der Waals surface area (Å²) in [4.78, 5) is 42.0. The Morgan fingerprint density at radius 3 is 2.03 bits per heavy atom. The molecule has 7 heteroatoms. The number of hydrogen-bond acceptors (Lipinski definition) is 3. The maximum Gasteiger partial charge on any atom is 0.253 e. The Hall–Kier alpha value is -2.86. The van der Waals surface area contributed by atoms with Gasteiger partial charge in [-0.3, -0.25) is 14.4 Å². The van der Waals surface area contributed by atoms with Crippen LogP contribution in [0.5, 0.6) is 0 Å². The van der Waals surface area contributed by atoms with Crippen LogP contribution in [0.25, 0.3) is 0 Å². The number of amides is 3. The largest absolute Gasteiger partial charge is 0.340 e. The Morgan fingerprint density at radius 2 is 1.45 bits per heavy atom. The Bertz CT molecular complexity index is 907. The molecule has 1 aliphatic heterocycles. The average molecular weight is 442 g/mol. The third-order valence-corrected chi connectivity index (χ3v) is 5.57. The van der Waals surface area contributed by atoms with Crippen molar-refractivity contribution in [1.82, 2.24) is 15.1 Å². The van der Waals surface area contributed by atoms with Gasteiger partial charge in [-0.1, -0.05) is 43.6 Å². The Kier molecular flexibility index (Phi) is 7.69. The van der Waals surface area contributed by atoms with Gasteiger partial charge in [-0.25, -0.2) is 0 Å². The molecule has 1 fully saturated rings. The van der Waals surface area contributed by atoms with E-state index in [-0.39, 0.29) is 23.6 Å². The number of nitrogens with one attached hydrogen (secondary N) is 1. The van der Waals surface area contributed by atoms with Gasteiger partial charge in [0.05, 0.1) is 0 Å². The van der Waals surface area contributed by atoms with E-state index in [1.165, 1.54) is 0 Å². The maximum atomic E-state index is 13.2. The zero-order valence-electron chi connectivity index (χ0n) is 17.9. The second-order valence-corrected chi connectivity index (χ2v) is 8.58. The number of benzene rings is 2. The molecule has 3 amide bonds. The number of nitrogens with zero attached hydrogens (tertiary/aromatic N) is 2. The van der Waals surface area contributed by atoms with E-state index in [2.05, 4.69) is 5.32 Å². The van der Waals surface area contributed by atoms with E-state index < -0.39 is 6.04 Å². The topological polar surface area (TPSA) is 69.7 Å². The van der Waals surface area contributed by atoms with E-state index in [0.717, 1.165) is 0 Å². The molecule has 2 aromatic rings. The Morgan fingerprint density at radius 1 is 0.871 bits per heavy atom. The number of carbonyl (C=O) groups excluding carboxylic acids is 3. The predicted molar refractivity (Wildman–Crippen MR) is 121 cm³/mol. The predicted octanol–water partition coefficient (Wildman–Crippen LogP) is 3.47. The highest BCUT2D eigenvalue weighted by Crippen LogP contribution is 2.14. The molecule has 0 aromatic heterocycles. The molecule has 1 aliphatic rings. The summed E-state index contributed by atoms with van der Waals surface area (Å²) in [6.07, 6.45) is 0.543. The van der Waals surface area contributed by atoms with Gasteiger partial charge in [-0.15, -0.1) is 0 Å². The number of carbonyl (C=O) groups is 3. The van der Waals surface area contributed by atoms with Gasteiger partial charge in [0.25, 0.3) is 11.8 Å². The van der Waals surface area contributed by atoms with Crippen molar-refractivity contribution < 1.29 is 14.4 Å². The van der Waals surface area contributed by atoms with Gasteiger partial charge in [0.15, 0.2) is 0 Å². The van der Waals surface area contributed by atoms with Gasteiger partial charge in [-0.05, 0) is 48.7 Å². The van der Waals surface area contributed by atoms with E-state index in [4.69, 9.17) is 11.6 Å². The molecule has 3 rings (SSSR count). The molecule has 1 unspecified atom stereocenters. The third-order valence-electron chi connectivity index (χ3n) is 5.32. The number of rotatable bonds is 6. The van der Waals surface area contributed by atoms with Crippen LogP contribution in [0.2, 0.25) is 5.02 Å². The molecule has 1 N–H and O–H groups in total. The van der Waals surface area contributed by atoms with Gasteiger partial charge >= 0.3 is 0 Å². The molecule has 1 heterocycles. The SMILES string of the molecule is CC(C)CC(NC(=O)c1ccc(Cl)cc1)C(=O)N1CCN(C(=O)c2ccccc2)CC1. The standard InChI is InChI=1S/C24H28ClN3O3/c1-17(2)16-21(26-22(29)18-8-10-20(25)11-9-18)24(31)28-14-12-27(13-15-28)23(30)19-6-4-3-5-7-19/h3-11,17,21H,12-16H2,1-2H3,(H,26,29). The molecule has 0 spiro atoms. The van der Waals surface area contributed by atoms with Crippen LogP contribution in [-0.4, -0.2) is 59.7 Å². The van der Waals surface area contributed by atoms with Gasteiger partial charge in [0, 0.05) is 42.3 Å². The average Bonchev–Trinajstić information content (AvgIpc) is 2.78. The molecule has 0 aliphatic carbocycles. The lowest BCUT2D eigenvalue weighted by Crippen LogP contribution is -2.56. The molecule has 164 valence electrons. The minimum Gasteiger partial charge on any atom is -0.340 e. The molecule has 1 atom stereocenters. The molecule has 2 aromatic carbocycles. The smallest absolute Gasteiger partial charge is 0.253 e. The maximum absolute atomic E-state index is 13.2. The lowest BCUT2D eigenvalue weighted by Gasteiger charge is -2.37. The summed E-state index contributed by atoms with van der Waals surface area (Å²) >= 11 is 5.90. The van der Waals surface area contributed by atoms with Crippen LogP contribution < -0.4 is 5.32 Å². The highest BCUT2D eigenvalue weighted by molar-refractivity contribution is 6.30. The van der Waals surface area contributed by atoms with E-state index in [1.54, 1.807) is 46.2 Å². The second kappa shape index (κ2) is 10.4. The van der Waals surface area contributed by atoms with Crippen LogP contribution in [0.4, 0.5) is 0 Å². The monoisotopic (exact) mass is 441 g/mol. The van der Waals surface area contributed by atoms with Crippen molar-refractivity contribution in [3.05, 3.63) is 70.7 Å². The molecule has 0 saturated carbocycles. The zero-order chi connectivity index (χ0) is 22.4.